The summed E-state index contributed by atoms with van der Waals surface area (Å²) in [6.07, 6.45) is 6.04. The molecule has 0 amide bonds. The second kappa shape index (κ2) is 14.5. The number of nitrogens with zero attached hydrogens (tertiary/aromatic N) is 1. The molecule has 1 rings (SSSR count). The molecule has 1 saturated heterocycles. The van der Waals surface area contributed by atoms with E-state index in [9.17, 15) is 5.41 Å². The van der Waals surface area contributed by atoms with Crippen molar-refractivity contribution in [3.05, 3.63) is 81.4 Å². The van der Waals surface area contributed by atoms with Gasteiger partial charge < -0.3 is 4.90 Å². The molecule has 0 aliphatic carbocycles. The standard InChI is InChI=1S/C34H53FN2/c1-14-27-19-20-28(15-2)37(27)26(13)25(12)29(16-3)30(17-4)33(31(35)18-5)34(36)32(23(10)21(6)7)24(11)22(8)9/h27-28,36H,6,12-20H2,1-5,7-11H3/b30-29-,32-23-,33-31-,36-34?. The van der Waals surface area contributed by atoms with Crippen molar-refractivity contribution in [3.63, 3.8) is 0 Å². The number of nitrogens with one attached hydrogen (secondary N) is 1. The Kier molecular flexibility index (Phi) is 12.8. The third-order valence-electron chi connectivity index (χ3n) is 8.18. The van der Waals surface area contributed by atoms with Crippen LogP contribution in [-0.4, -0.2) is 22.7 Å². The minimum Gasteiger partial charge on any atom is -0.366 e. The van der Waals surface area contributed by atoms with Crippen LogP contribution in [-0.2, 0) is 0 Å². The lowest BCUT2D eigenvalue weighted by Gasteiger charge is -2.35. The van der Waals surface area contributed by atoms with Gasteiger partial charge in [-0.3, -0.25) is 5.41 Å². The molecule has 1 heterocycles. The number of halogens is 1. The molecule has 1 fully saturated rings. The van der Waals surface area contributed by atoms with Gasteiger partial charge in [0, 0.05) is 28.9 Å². The predicted octanol–water partition coefficient (Wildman–Crippen LogP) is 10.7. The molecule has 1 N–H and O–H groups in total. The van der Waals surface area contributed by atoms with Crippen molar-refractivity contribution >= 4 is 5.71 Å². The lowest BCUT2D eigenvalue weighted by Crippen LogP contribution is -2.35. The van der Waals surface area contributed by atoms with E-state index in [1.165, 1.54) is 12.8 Å². The highest BCUT2D eigenvalue weighted by Gasteiger charge is 2.33. The van der Waals surface area contributed by atoms with Crippen molar-refractivity contribution < 1.29 is 4.39 Å². The van der Waals surface area contributed by atoms with Gasteiger partial charge in [-0.2, -0.15) is 0 Å². The highest BCUT2D eigenvalue weighted by atomic mass is 19.1. The summed E-state index contributed by atoms with van der Waals surface area (Å²) in [7, 11) is 0. The number of allylic oxidation sites excluding steroid dienone is 9. The summed E-state index contributed by atoms with van der Waals surface area (Å²) in [6, 6.07) is 0.928. The van der Waals surface area contributed by atoms with Gasteiger partial charge in [-0.1, -0.05) is 65.5 Å². The number of hydrogen-bond donors (Lipinski definition) is 1. The summed E-state index contributed by atoms with van der Waals surface area (Å²) in [5.74, 6) is -0.251. The Morgan fingerprint density at radius 2 is 1.24 bits per heavy atom. The maximum atomic E-state index is 15.8. The van der Waals surface area contributed by atoms with Crippen LogP contribution in [0, 0.1) is 5.41 Å². The smallest absolute Gasteiger partial charge is 0.109 e. The average Bonchev–Trinajstić information content (AvgIpc) is 3.30. The van der Waals surface area contributed by atoms with Crippen molar-refractivity contribution in [3.8, 4) is 0 Å². The van der Waals surface area contributed by atoms with Crippen molar-refractivity contribution in [2.75, 3.05) is 0 Å². The quantitative estimate of drug-likeness (QED) is 0.194. The zero-order chi connectivity index (χ0) is 28.6. The van der Waals surface area contributed by atoms with Gasteiger partial charge in [-0.05, 0) is 107 Å². The van der Waals surface area contributed by atoms with Gasteiger partial charge >= 0.3 is 0 Å². The highest BCUT2D eigenvalue weighted by Crippen LogP contribution is 2.40. The van der Waals surface area contributed by atoms with Crippen molar-refractivity contribution in [1.29, 1.82) is 5.41 Å². The van der Waals surface area contributed by atoms with E-state index in [-0.39, 0.29) is 18.0 Å². The third kappa shape index (κ3) is 7.12. The van der Waals surface area contributed by atoms with E-state index in [1.807, 2.05) is 41.5 Å². The molecule has 0 spiro atoms. The van der Waals surface area contributed by atoms with E-state index in [4.69, 9.17) is 0 Å². The average molecular weight is 509 g/mol. The largest absolute Gasteiger partial charge is 0.366 e. The van der Waals surface area contributed by atoms with Crippen LogP contribution in [0.4, 0.5) is 4.39 Å². The molecule has 0 bridgehead atoms. The van der Waals surface area contributed by atoms with E-state index in [1.54, 1.807) is 0 Å². The topological polar surface area (TPSA) is 27.1 Å². The first-order chi connectivity index (χ1) is 17.3. The summed E-state index contributed by atoms with van der Waals surface area (Å²) in [4.78, 5) is 2.47. The van der Waals surface area contributed by atoms with E-state index in [2.05, 4.69) is 52.3 Å². The molecule has 1 aliphatic rings. The third-order valence-corrected chi connectivity index (χ3v) is 8.18. The molecule has 2 atom stereocenters. The van der Waals surface area contributed by atoms with Crippen LogP contribution in [0.15, 0.2) is 81.4 Å². The summed E-state index contributed by atoms with van der Waals surface area (Å²) >= 11 is 0. The number of likely N-dealkylation sites (tertiary alicyclic amines) is 1. The van der Waals surface area contributed by atoms with Gasteiger partial charge in [-0.25, -0.2) is 4.39 Å². The van der Waals surface area contributed by atoms with Gasteiger partial charge in [-0.15, -0.1) is 0 Å². The first-order valence-electron chi connectivity index (χ1n) is 14.2. The van der Waals surface area contributed by atoms with Gasteiger partial charge in [0.2, 0.25) is 0 Å². The Labute approximate surface area is 228 Å². The predicted molar refractivity (Wildman–Crippen MR) is 163 cm³/mol. The van der Waals surface area contributed by atoms with Gasteiger partial charge in [0.25, 0.3) is 0 Å². The van der Waals surface area contributed by atoms with Gasteiger partial charge in [0.15, 0.2) is 0 Å². The molecular formula is C34H53FN2. The second-order valence-corrected chi connectivity index (χ2v) is 10.6. The zero-order valence-corrected chi connectivity index (χ0v) is 25.6. The fourth-order valence-corrected chi connectivity index (χ4v) is 5.56. The Morgan fingerprint density at radius 1 is 0.757 bits per heavy atom. The van der Waals surface area contributed by atoms with E-state index >= 15 is 4.39 Å². The van der Waals surface area contributed by atoms with Crippen molar-refractivity contribution in [2.24, 2.45) is 0 Å². The lowest BCUT2D eigenvalue weighted by atomic mass is 9.81. The van der Waals surface area contributed by atoms with E-state index in [0.29, 0.717) is 30.5 Å². The Bertz CT molecular complexity index is 1030. The molecule has 2 unspecified atom stereocenters. The van der Waals surface area contributed by atoms with Crippen LogP contribution < -0.4 is 0 Å². The lowest BCUT2D eigenvalue weighted by molar-refractivity contribution is 0.247. The molecule has 0 saturated carbocycles. The Balaban J connectivity index is 3.88. The molecule has 3 heteroatoms. The molecule has 1 aliphatic heterocycles. The molecule has 0 aromatic heterocycles. The molecule has 2 nitrogen and oxygen atoms in total. The van der Waals surface area contributed by atoms with Crippen LogP contribution in [0.3, 0.4) is 0 Å². The van der Waals surface area contributed by atoms with Crippen LogP contribution in [0.25, 0.3) is 0 Å². The molecule has 0 aromatic rings. The van der Waals surface area contributed by atoms with Crippen LogP contribution in [0.5, 0.6) is 0 Å². The molecule has 0 radical (unpaired) electrons. The zero-order valence-electron chi connectivity index (χ0n) is 25.6. The highest BCUT2D eigenvalue weighted by molar-refractivity contribution is 6.16. The van der Waals surface area contributed by atoms with Crippen molar-refractivity contribution in [2.45, 2.75) is 126 Å². The molecular weight excluding hydrogens is 455 g/mol. The summed E-state index contributed by atoms with van der Waals surface area (Å²) in [5, 5.41) is 9.40. The van der Waals surface area contributed by atoms with E-state index < -0.39 is 0 Å². The Morgan fingerprint density at radius 3 is 1.59 bits per heavy atom. The monoisotopic (exact) mass is 508 g/mol. The van der Waals surface area contributed by atoms with E-state index in [0.717, 1.165) is 63.1 Å². The Hall–Kier alpha value is -2.42. The van der Waals surface area contributed by atoms with Gasteiger partial charge in [0.1, 0.15) is 5.83 Å². The minimum absolute atomic E-state index is 0.235. The molecule has 37 heavy (non-hydrogen) atoms. The van der Waals surface area contributed by atoms with Crippen LogP contribution in [0.1, 0.15) is 114 Å². The first-order valence-corrected chi connectivity index (χ1v) is 14.2. The summed E-state index contributed by atoms with van der Waals surface area (Å²) < 4.78 is 15.8. The summed E-state index contributed by atoms with van der Waals surface area (Å²) in [5.41, 5.74) is 9.05. The van der Waals surface area contributed by atoms with Crippen LogP contribution >= 0.6 is 0 Å². The van der Waals surface area contributed by atoms with Gasteiger partial charge in [0.05, 0.1) is 5.71 Å². The number of hydrogen-bond acceptors (Lipinski definition) is 2. The number of rotatable bonds is 13. The summed E-state index contributed by atoms with van der Waals surface area (Å²) in [6.45, 7) is 33.7. The normalized spacial score (nSPS) is 19.6. The maximum absolute atomic E-state index is 15.8. The minimum atomic E-state index is -0.251. The molecule has 206 valence electrons. The molecule has 0 aromatic carbocycles. The fourth-order valence-electron chi connectivity index (χ4n) is 5.56. The van der Waals surface area contributed by atoms with Crippen molar-refractivity contribution in [1.82, 2.24) is 4.90 Å². The second-order valence-electron chi connectivity index (χ2n) is 10.6. The first kappa shape index (κ1) is 32.6. The maximum Gasteiger partial charge on any atom is 0.109 e. The fraction of sp³-hybridized carbons (Fsp3) is 0.559. The SMILES string of the molecule is C=C(C)/C(C)=C(\C(=N)C(=C(\F)CC)/C(CC)=C(/CC)C(=C)C(=C)N1C(CC)CCC1CC)C(C)=C(C)C. The van der Waals surface area contributed by atoms with Crippen LogP contribution in [0.2, 0.25) is 0 Å².